The first-order valence-electron chi connectivity index (χ1n) is 6.27. The Balaban J connectivity index is 2.11. The Morgan fingerprint density at radius 1 is 1.56 bits per heavy atom. The van der Waals surface area contributed by atoms with Crippen LogP contribution in [0.25, 0.3) is 0 Å². The van der Waals surface area contributed by atoms with Gasteiger partial charge in [0.25, 0.3) is 5.91 Å². The number of aromatic nitrogens is 2. The van der Waals surface area contributed by atoms with E-state index in [2.05, 4.69) is 14.9 Å². The molecule has 1 saturated carbocycles. The monoisotopic (exact) mass is 268 g/mol. The van der Waals surface area contributed by atoms with Gasteiger partial charge in [0.1, 0.15) is 4.88 Å². The number of amides is 1. The van der Waals surface area contributed by atoms with E-state index in [1.807, 2.05) is 20.8 Å². The molecule has 3 N–H and O–H groups in total. The summed E-state index contributed by atoms with van der Waals surface area (Å²) in [5, 5.41) is 7.09. The van der Waals surface area contributed by atoms with E-state index in [1.54, 1.807) is 0 Å². The predicted octanol–water partition coefficient (Wildman–Crippen LogP) is 1.30. The van der Waals surface area contributed by atoms with Crippen LogP contribution >= 0.6 is 11.5 Å². The fourth-order valence-corrected chi connectivity index (χ4v) is 2.71. The van der Waals surface area contributed by atoms with Crippen molar-refractivity contribution in [1.29, 1.82) is 0 Å². The number of nitrogens with one attached hydrogen (secondary N) is 1. The van der Waals surface area contributed by atoms with Crippen LogP contribution in [0.1, 0.15) is 49.0 Å². The molecule has 1 unspecified atom stereocenters. The van der Waals surface area contributed by atoms with E-state index in [9.17, 15) is 4.79 Å². The average molecular weight is 268 g/mol. The molecule has 0 spiro atoms. The highest BCUT2D eigenvalue weighted by molar-refractivity contribution is 7.08. The molecule has 1 fully saturated rings. The summed E-state index contributed by atoms with van der Waals surface area (Å²) in [5.74, 6) is 0.468. The Kier molecular flexibility index (Phi) is 3.68. The summed E-state index contributed by atoms with van der Waals surface area (Å²) < 4.78 is 3.90. The van der Waals surface area contributed by atoms with Crippen molar-refractivity contribution in [1.82, 2.24) is 14.9 Å². The van der Waals surface area contributed by atoms with E-state index >= 15 is 0 Å². The zero-order valence-corrected chi connectivity index (χ0v) is 11.9. The molecule has 1 atom stereocenters. The highest BCUT2D eigenvalue weighted by Gasteiger charge is 2.33. The van der Waals surface area contributed by atoms with Crippen LogP contribution in [0.15, 0.2) is 0 Å². The van der Waals surface area contributed by atoms with E-state index in [0.29, 0.717) is 17.3 Å². The Bertz CT molecular complexity index is 434. The van der Waals surface area contributed by atoms with E-state index in [1.165, 1.54) is 0 Å². The van der Waals surface area contributed by atoms with Crippen molar-refractivity contribution in [3.63, 3.8) is 0 Å². The fraction of sp³-hybridized carbons (Fsp3) is 0.750. The van der Waals surface area contributed by atoms with Crippen LogP contribution in [0.3, 0.4) is 0 Å². The van der Waals surface area contributed by atoms with Crippen LogP contribution in [0, 0.1) is 5.92 Å². The second-order valence-electron chi connectivity index (χ2n) is 5.85. The van der Waals surface area contributed by atoms with Gasteiger partial charge in [0.2, 0.25) is 0 Å². The number of nitrogens with two attached hydrogens (primary N) is 1. The molecule has 1 aliphatic carbocycles. The molecule has 1 heterocycles. The van der Waals surface area contributed by atoms with Crippen LogP contribution in [0.2, 0.25) is 0 Å². The van der Waals surface area contributed by atoms with Crippen molar-refractivity contribution < 1.29 is 4.79 Å². The van der Waals surface area contributed by atoms with Gasteiger partial charge in [-0.15, -0.1) is 5.10 Å². The summed E-state index contributed by atoms with van der Waals surface area (Å²) in [6.07, 6.45) is 2.32. The fourth-order valence-electron chi connectivity index (χ4n) is 1.93. The summed E-state index contributed by atoms with van der Waals surface area (Å²) in [5.41, 5.74) is 6.29. The lowest BCUT2D eigenvalue weighted by Gasteiger charge is -2.19. The second kappa shape index (κ2) is 4.93. The van der Waals surface area contributed by atoms with Gasteiger partial charge in [0, 0.05) is 18.0 Å². The molecular formula is C12H20N4OS. The van der Waals surface area contributed by atoms with E-state index in [4.69, 9.17) is 5.73 Å². The van der Waals surface area contributed by atoms with Crippen LogP contribution in [-0.4, -0.2) is 28.1 Å². The predicted molar refractivity (Wildman–Crippen MR) is 71.6 cm³/mol. The minimum atomic E-state index is -0.169. The summed E-state index contributed by atoms with van der Waals surface area (Å²) in [7, 11) is 0. The van der Waals surface area contributed by atoms with E-state index < -0.39 is 0 Å². The molecule has 1 aromatic heterocycles. The third kappa shape index (κ3) is 2.87. The molecule has 2 rings (SSSR count). The average Bonchev–Trinajstić information content (AvgIpc) is 2.99. The van der Waals surface area contributed by atoms with Crippen molar-refractivity contribution >= 4 is 17.4 Å². The third-order valence-electron chi connectivity index (χ3n) is 3.17. The summed E-state index contributed by atoms with van der Waals surface area (Å²) in [6.45, 7) is 6.58. The number of rotatable bonds is 4. The van der Waals surface area contributed by atoms with Crippen LogP contribution in [0.4, 0.5) is 0 Å². The lowest BCUT2D eigenvalue weighted by molar-refractivity contribution is 0.0935. The van der Waals surface area contributed by atoms with Crippen molar-refractivity contribution in [3.05, 3.63) is 10.6 Å². The molecule has 0 saturated heterocycles. The molecule has 100 valence electrons. The van der Waals surface area contributed by atoms with Crippen molar-refractivity contribution in [2.24, 2.45) is 11.7 Å². The van der Waals surface area contributed by atoms with Gasteiger partial charge in [-0.2, -0.15) is 0 Å². The summed E-state index contributed by atoms with van der Waals surface area (Å²) in [6, 6.07) is 0.0902. The zero-order chi connectivity index (χ0) is 13.3. The number of hydrogen-bond acceptors (Lipinski definition) is 5. The smallest absolute Gasteiger partial charge is 0.265 e. The lowest BCUT2D eigenvalue weighted by Crippen LogP contribution is -2.42. The maximum absolute atomic E-state index is 12.2. The SMILES string of the molecule is CC(C)(C)c1nnsc1C(=O)NC(CN)C1CC1. The molecule has 0 bridgehead atoms. The van der Waals surface area contributed by atoms with Gasteiger partial charge in [0.05, 0.1) is 5.69 Å². The maximum Gasteiger partial charge on any atom is 0.265 e. The molecule has 0 aliphatic heterocycles. The van der Waals surface area contributed by atoms with Gasteiger partial charge in [0.15, 0.2) is 0 Å². The van der Waals surface area contributed by atoms with E-state index in [0.717, 1.165) is 30.1 Å². The third-order valence-corrected chi connectivity index (χ3v) is 3.89. The van der Waals surface area contributed by atoms with Gasteiger partial charge >= 0.3 is 0 Å². The number of hydrogen-bond donors (Lipinski definition) is 2. The first kappa shape index (κ1) is 13.4. The second-order valence-corrected chi connectivity index (χ2v) is 6.61. The Labute approximate surface area is 111 Å². The molecule has 0 aromatic carbocycles. The Hall–Kier alpha value is -1.01. The molecular weight excluding hydrogens is 248 g/mol. The lowest BCUT2D eigenvalue weighted by atomic mass is 9.91. The van der Waals surface area contributed by atoms with Crippen LogP contribution in [-0.2, 0) is 5.41 Å². The standard InChI is InChI=1S/C12H20N4OS/c1-12(2,3)10-9(18-16-15-10)11(17)14-8(6-13)7-4-5-7/h7-8H,4-6,13H2,1-3H3,(H,14,17). The van der Waals surface area contributed by atoms with Gasteiger partial charge < -0.3 is 11.1 Å². The number of carbonyl (C=O) groups excluding carboxylic acids is 1. The Morgan fingerprint density at radius 2 is 2.22 bits per heavy atom. The van der Waals surface area contributed by atoms with Gasteiger partial charge in [-0.25, -0.2) is 0 Å². The normalized spacial score (nSPS) is 17.6. The number of nitrogens with zero attached hydrogens (tertiary/aromatic N) is 2. The van der Waals surface area contributed by atoms with Crippen molar-refractivity contribution in [3.8, 4) is 0 Å². The summed E-state index contributed by atoms with van der Waals surface area (Å²) in [4.78, 5) is 12.9. The molecule has 1 aromatic rings. The van der Waals surface area contributed by atoms with Gasteiger partial charge in [-0.05, 0) is 30.3 Å². The molecule has 1 amide bonds. The molecule has 5 nitrogen and oxygen atoms in total. The van der Waals surface area contributed by atoms with Crippen LogP contribution in [0.5, 0.6) is 0 Å². The quantitative estimate of drug-likeness (QED) is 0.862. The van der Waals surface area contributed by atoms with Gasteiger partial charge in [-0.3, -0.25) is 4.79 Å². The maximum atomic E-state index is 12.2. The molecule has 1 aliphatic rings. The van der Waals surface area contributed by atoms with Crippen molar-refractivity contribution in [2.45, 2.75) is 45.1 Å². The minimum Gasteiger partial charge on any atom is -0.347 e. The molecule has 0 radical (unpaired) electrons. The zero-order valence-electron chi connectivity index (χ0n) is 11.1. The van der Waals surface area contributed by atoms with Gasteiger partial charge in [-0.1, -0.05) is 25.3 Å². The van der Waals surface area contributed by atoms with Crippen LogP contribution < -0.4 is 11.1 Å². The highest BCUT2D eigenvalue weighted by atomic mass is 32.1. The largest absolute Gasteiger partial charge is 0.347 e. The highest BCUT2D eigenvalue weighted by Crippen LogP contribution is 2.32. The van der Waals surface area contributed by atoms with Crippen molar-refractivity contribution in [2.75, 3.05) is 6.54 Å². The Morgan fingerprint density at radius 3 is 2.72 bits per heavy atom. The first-order valence-corrected chi connectivity index (χ1v) is 7.04. The first-order chi connectivity index (χ1) is 8.43. The minimum absolute atomic E-state index is 0.0859. The molecule has 6 heteroatoms. The van der Waals surface area contributed by atoms with E-state index in [-0.39, 0.29) is 17.4 Å². The topological polar surface area (TPSA) is 80.9 Å². The summed E-state index contributed by atoms with van der Waals surface area (Å²) >= 11 is 1.16. The molecule has 18 heavy (non-hydrogen) atoms. The number of carbonyl (C=O) groups is 1.